The lowest BCUT2D eigenvalue weighted by Crippen LogP contribution is -2.49. The summed E-state index contributed by atoms with van der Waals surface area (Å²) in [5, 5.41) is 10.4. The van der Waals surface area contributed by atoms with Gasteiger partial charge in [-0.3, -0.25) is 14.5 Å². The third-order valence-electron chi connectivity index (χ3n) is 4.96. The van der Waals surface area contributed by atoms with Crippen LogP contribution in [0.5, 0.6) is 5.75 Å². The van der Waals surface area contributed by atoms with Gasteiger partial charge in [0, 0.05) is 19.1 Å². The molecule has 8 nitrogen and oxygen atoms in total. The number of piperidine rings is 1. The van der Waals surface area contributed by atoms with Crippen LogP contribution in [0.4, 0.5) is 4.79 Å². The average Bonchev–Trinajstić information content (AvgIpc) is 2.91. The molecule has 2 aliphatic rings. The van der Waals surface area contributed by atoms with E-state index >= 15 is 0 Å². The van der Waals surface area contributed by atoms with Crippen molar-refractivity contribution in [3.05, 3.63) is 35.6 Å². The number of ether oxygens (including phenoxy) is 2. The number of nitrogens with zero attached hydrogens (tertiary/aromatic N) is 2. The predicted molar refractivity (Wildman–Crippen MR) is 105 cm³/mol. The zero-order valence-electron chi connectivity index (χ0n) is 16.9. The smallest absolute Gasteiger partial charge is 0.409 e. The second-order valence-electron chi connectivity index (χ2n) is 7.31. The summed E-state index contributed by atoms with van der Waals surface area (Å²) in [6.45, 7) is 6.63. The van der Waals surface area contributed by atoms with Crippen LogP contribution >= 0.6 is 0 Å². The molecule has 1 aromatic carbocycles. The Morgan fingerprint density at radius 3 is 2.31 bits per heavy atom. The highest BCUT2D eigenvalue weighted by Crippen LogP contribution is 2.32. The molecule has 0 atom stereocenters. The summed E-state index contributed by atoms with van der Waals surface area (Å²) in [4.78, 5) is 40.1. The van der Waals surface area contributed by atoms with Gasteiger partial charge >= 0.3 is 6.09 Å². The number of carbonyl (C=O) groups excluding carboxylic acids is 3. The van der Waals surface area contributed by atoms with Crippen molar-refractivity contribution >= 4 is 23.5 Å². The summed E-state index contributed by atoms with van der Waals surface area (Å²) in [5.74, 6) is -1.11. The summed E-state index contributed by atoms with van der Waals surface area (Å²) in [6.07, 6.45) is 0.505. The summed E-state index contributed by atoms with van der Waals surface area (Å²) in [5.41, 5.74) is 0.460. The fourth-order valence-corrected chi connectivity index (χ4v) is 3.62. The monoisotopic (exact) mass is 402 g/mol. The van der Waals surface area contributed by atoms with Crippen molar-refractivity contribution in [2.45, 2.75) is 45.8 Å². The van der Waals surface area contributed by atoms with Crippen molar-refractivity contribution in [3.8, 4) is 5.75 Å². The number of aliphatic hydroxyl groups is 1. The molecule has 0 spiro atoms. The maximum absolute atomic E-state index is 13.0. The van der Waals surface area contributed by atoms with Crippen LogP contribution in [0, 0.1) is 0 Å². The van der Waals surface area contributed by atoms with E-state index < -0.39 is 23.7 Å². The highest BCUT2D eigenvalue weighted by Gasteiger charge is 2.44. The fraction of sp³-hybridized carbons (Fsp3) is 0.476. The second kappa shape index (κ2) is 8.55. The van der Waals surface area contributed by atoms with Gasteiger partial charge in [-0.1, -0.05) is 12.1 Å². The van der Waals surface area contributed by atoms with Crippen molar-refractivity contribution in [3.63, 3.8) is 0 Å². The van der Waals surface area contributed by atoms with E-state index in [-0.39, 0.29) is 17.7 Å². The van der Waals surface area contributed by atoms with Crippen molar-refractivity contribution in [2.75, 3.05) is 19.7 Å². The third-order valence-corrected chi connectivity index (χ3v) is 4.96. The Kier molecular flexibility index (Phi) is 6.10. The molecule has 0 saturated carbocycles. The zero-order chi connectivity index (χ0) is 21.1. The molecule has 156 valence electrons. The van der Waals surface area contributed by atoms with Crippen molar-refractivity contribution < 1.29 is 29.0 Å². The molecule has 29 heavy (non-hydrogen) atoms. The largest absolute Gasteiger partial charge is 0.502 e. The van der Waals surface area contributed by atoms with Gasteiger partial charge in [-0.15, -0.1) is 0 Å². The van der Waals surface area contributed by atoms with E-state index in [1.165, 1.54) is 0 Å². The van der Waals surface area contributed by atoms with E-state index in [2.05, 4.69) is 0 Å². The average molecular weight is 402 g/mol. The van der Waals surface area contributed by atoms with E-state index in [1.54, 1.807) is 36.1 Å². The van der Waals surface area contributed by atoms with Gasteiger partial charge in [-0.2, -0.15) is 0 Å². The van der Waals surface area contributed by atoms with Crippen LogP contribution in [0.25, 0.3) is 5.57 Å². The molecule has 0 radical (unpaired) electrons. The Labute approximate surface area is 169 Å². The van der Waals surface area contributed by atoms with Crippen molar-refractivity contribution in [1.29, 1.82) is 0 Å². The third kappa shape index (κ3) is 4.21. The molecule has 1 N–H and O–H groups in total. The van der Waals surface area contributed by atoms with Crippen LogP contribution < -0.4 is 4.74 Å². The lowest BCUT2D eigenvalue weighted by atomic mass is 10.0. The van der Waals surface area contributed by atoms with Gasteiger partial charge in [0.15, 0.2) is 5.76 Å². The van der Waals surface area contributed by atoms with Crippen molar-refractivity contribution in [2.24, 2.45) is 0 Å². The summed E-state index contributed by atoms with van der Waals surface area (Å²) >= 11 is 0. The Bertz CT molecular complexity index is 822. The molecule has 3 rings (SSSR count). The number of benzene rings is 1. The van der Waals surface area contributed by atoms with Crippen LogP contribution in [-0.2, 0) is 14.3 Å². The molecule has 0 unspecified atom stereocenters. The molecule has 1 saturated heterocycles. The summed E-state index contributed by atoms with van der Waals surface area (Å²) in [6, 6.07) is 6.34. The zero-order valence-corrected chi connectivity index (χ0v) is 16.9. The van der Waals surface area contributed by atoms with Crippen LogP contribution in [0.2, 0.25) is 0 Å². The molecule has 0 aromatic heterocycles. The number of carbonyl (C=O) groups is 3. The first-order chi connectivity index (χ1) is 13.8. The number of rotatable bonds is 5. The number of likely N-dealkylation sites (tertiary alicyclic amines) is 1. The quantitative estimate of drug-likeness (QED) is 0.761. The highest BCUT2D eigenvalue weighted by molar-refractivity contribution is 6.35. The SMILES string of the molecule is CCOC(=O)N1CCC(N2C(=O)C(O)=C(c3ccc(OC(C)C)cc3)C2=O)CC1. The molecule has 1 fully saturated rings. The Hall–Kier alpha value is -3.03. The van der Waals surface area contributed by atoms with E-state index in [1.807, 2.05) is 13.8 Å². The minimum Gasteiger partial charge on any atom is -0.502 e. The molecule has 2 heterocycles. The fourth-order valence-electron chi connectivity index (χ4n) is 3.62. The van der Waals surface area contributed by atoms with Crippen LogP contribution in [0.3, 0.4) is 0 Å². The Morgan fingerprint density at radius 2 is 1.76 bits per heavy atom. The normalized spacial score (nSPS) is 18.1. The molecule has 3 amide bonds. The topological polar surface area (TPSA) is 96.4 Å². The standard InChI is InChI=1S/C21H26N2O6/c1-4-28-21(27)22-11-9-15(10-12-22)23-19(25)17(18(24)20(23)26)14-5-7-16(8-6-14)29-13(2)3/h5-8,13,15,24H,4,9-12H2,1-3H3. The first kappa shape index (κ1) is 20.7. The molecular formula is C21H26N2O6. The lowest BCUT2D eigenvalue weighted by Gasteiger charge is -2.35. The van der Waals surface area contributed by atoms with Gasteiger partial charge in [0.05, 0.1) is 18.3 Å². The minimum atomic E-state index is -0.693. The number of hydrogen-bond acceptors (Lipinski definition) is 6. The lowest BCUT2D eigenvalue weighted by molar-refractivity contribution is -0.141. The molecule has 1 aromatic rings. The highest BCUT2D eigenvalue weighted by atomic mass is 16.6. The number of amides is 3. The number of hydrogen-bond donors (Lipinski definition) is 1. The van der Waals surface area contributed by atoms with E-state index in [0.29, 0.717) is 43.9 Å². The molecular weight excluding hydrogens is 376 g/mol. The number of imide groups is 1. The Balaban J connectivity index is 1.71. The predicted octanol–water partition coefficient (Wildman–Crippen LogP) is 2.73. The van der Waals surface area contributed by atoms with Gasteiger partial charge in [0.1, 0.15) is 5.75 Å². The van der Waals surface area contributed by atoms with E-state index in [0.717, 1.165) is 4.90 Å². The molecule has 2 aliphatic heterocycles. The van der Waals surface area contributed by atoms with Gasteiger partial charge < -0.3 is 19.5 Å². The first-order valence-corrected chi connectivity index (χ1v) is 9.83. The molecule has 8 heteroatoms. The van der Waals surface area contributed by atoms with Crippen LogP contribution in [0.1, 0.15) is 39.2 Å². The maximum atomic E-state index is 13.0. The minimum absolute atomic E-state index is 0.00100. The van der Waals surface area contributed by atoms with Crippen molar-refractivity contribution in [1.82, 2.24) is 9.80 Å². The van der Waals surface area contributed by atoms with Gasteiger partial charge in [0.2, 0.25) is 0 Å². The first-order valence-electron chi connectivity index (χ1n) is 9.83. The molecule has 0 aliphatic carbocycles. The van der Waals surface area contributed by atoms with E-state index in [9.17, 15) is 19.5 Å². The number of aliphatic hydroxyl groups excluding tert-OH is 1. The molecule has 0 bridgehead atoms. The maximum Gasteiger partial charge on any atom is 0.409 e. The van der Waals surface area contributed by atoms with Gasteiger partial charge in [-0.25, -0.2) is 4.79 Å². The Morgan fingerprint density at radius 1 is 1.14 bits per heavy atom. The van der Waals surface area contributed by atoms with Gasteiger partial charge in [0.25, 0.3) is 11.8 Å². The summed E-state index contributed by atoms with van der Waals surface area (Å²) in [7, 11) is 0. The van der Waals surface area contributed by atoms with E-state index in [4.69, 9.17) is 9.47 Å². The second-order valence-corrected chi connectivity index (χ2v) is 7.31. The van der Waals surface area contributed by atoms with Gasteiger partial charge in [-0.05, 0) is 51.3 Å². The summed E-state index contributed by atoms with van der Waals surface area (Å²) < 4.78 is 10.6. The van der Waals surface area contributed by atoms with Crippen LogP contribution in [-0.4, -0.2) is 64.7 Å². The van der Waals surface area contributed by atoms with Crippen LogP contribution in [0.15, 0.2) is 30.0 Å².